The molecule has 98 valence electrons. The Balaban J connectivity index is 1.98. The molecule has 1 fully saturated rings. The van der Waals surface area contributed by atoms with E-state index in [-0.39, 0.29) is 0 Å². The maximum Gasteiger partial charge on any atom is 0.193 e. The van der Waals surface area contributed by atoms with E-state index in [0.717, 1.165) is 37.2 Å². The molecule has 0 aromatic heterocycles. The van der Waals surface area contributed by atoms with Gasteiger partial charge in [0.2, 0.25) is 0 Å². The molecule has 1 aromatic rings. The van der Waals surface area contributed by atoms with Gasteiger partial charge in [-0.3, -0.25) is 4.99 Å². The summed E-state index contributed by atoms with van der Waals surface area (Å²) in [6.07, 6.45) is 0. The lowest BCUT2D eigenvalue weighted by atomic mass is 10.2. The third kappa shape index (κ3) is 2.88. The van der Waals surface area contributed by atoms with Crippen LogP contribution in [-0.4, -0.2) is 51.1 Å². The predicted octanol–water partition coefficient (Wildman–Crippen LogP) is 1.67. The predicted molar refractivity (Wildman–Crippen MR) is 77.7 cm³/mol. The molecule has 4 nitrogen and oxygen atoms in total. The third-order valence-corrected chi connectivity index (χ3v) is 3.42. The Morgan fingerprint density at radius 2 is 2.00 bits per heavy atom. The van der Waals surface area contributed by atoms with Gasteiger partial charge in [0.1, 0.15) is 0 Å². The lowest BCUT2D eigenvalue weighted by molar-refractivity contribution is 0.375. The summed E-state index contributed by atoms with van der Waals surface area (Å²) in [5.74, 6) is 0.959. The summed E-state index contributed by atoms with van der Waals surface area (Å²) in [4.78, 5) is 8.85. The van der Waals surface area contributed by atoms with Crippen LogP contribution in [0, 0.1) is 0 Å². The Morgan fingerprint density at radius 1 is 1.28 bits per heavy atom. The Morgan fingerprint density at radius 3 is 2.56 bits per heavy atom. The average Bonchev–Trinajstić information content (AvgIpc) is 2.41. The number of guanidine groups is 1. The van der Waals surface area contributed by atoms with Crippen LogP contribution in [0.4, 0.5) is 5.69 Å². The largest absolute Gasteiger partial charge is 0.368 e. The number of rotatable bonds is 1. The van der Waals surface area contributed by atoms with Crippen molar-refractivity contribution in [3.8, 4) is 0 Å². The standard InChI is InChI=1S/C13H19ClN4/c1-15-13(16-2)18-8-6-17(7-9-18)12-5-3-4-11(14)10-12/h3-5,10H,6-9H2,1-2H3,(H,15,16). The van der Waals surface area contributed by atoms with Crippen molar-refractivity contribution in [1.29, 1.82) is 0 Å². The van der Waals surface area contributed by atoms with Crippen LogP contribution in [0.5, 0.6) is 0 Å². The van der Waals surface area contributed by atoms with Gasteiger partial charge in [0.05, 0.1) is 0 Å². The summed E-state index contributed by atoms with van der Waals surface area (Å²) in [5.41, 5.74) is 1.20. The molecule has 0 aliphatic carbocycles. The zero-order valence-corrected chi connectivity index (χ0v) is 11.6. The first-order chi connectivity index (χ1) is 8.74. The molecule has 0 saturated carbocycles. The monoisotopic (exact) mass is 266 g/mol. The number of nitrogens with one attached hydrogen (secondary N) is 1. The number of hydrogen-bond donors (Lipinski definition) is 1. The average molecular weight is 267 g/mol. The summed E-state index contributed by atoms with van der Waals surface area (Å²) in [7, 11) is 3.72. The van der Waals surface area contributed by atoms with Gasteiger partial charge >= 0.3 is 0 Å². The fourth-order valence-electron chi connectivity index (χ4n) is 2.26. The molecule has 0 bridgehead atoms. The topological polar surface area (TPSA) is 30.9 Å². The zero-order chi connectivity index (χ0) is 13.0. The van der Waals surface area contributed by atoms with E-state index in [1.807, 2.05) is 32.3 Å². The fourth-order valence-corrected chi connectivity index (χ4v) is 2.45. The van der Waals surface area contributed by atoms with Gasteiger partial charge in [-0.15, -0.1) is 0 Å². The van der Waals surface area contributed by atoms with Crippen LogP contribution in [0.2, 0.25) is 5.02 Å². The van der Waals surface area contributed by atoms with Gasteiger partial charge in [0.25, 0.3) is 0 Å². The summed E-state index contributed by atoms with van der Waals surface area (Å²) >= 11 is 6.02. The summed E-state index contributed by atoms with van der Waals surface area (Å²) < 4.78 is 0. The SMILES string of the molecule is CN=C(NC)N1CCN(c2cccc(Cl)c2)CC1. The Labute approximate surface area is 113 Å². The van der Waals surface area contributed by atoms with Crippen LogP contribution in [0.25, 0.3) is 0 Å². The summed E-state index contributed by atoms with van der Waals surface area (Å²) in [6, 6.07) is 8.03. The Bertz CT molecular complexity index is 425. The molecule has 2 rings (SSSR count). The normalized spacial score (nSPS) is 16.9. The quantitative estimate of drug-likeness (QED) is 0.620. The lowest BCUT2D eigenvalue weighted by Gasteiger charge is -2.37. The van der Waals surface area contributed by atoms with Gasteiger partial charge in [0, 0.05) is 51.0 Å². The highest BCUT2D eigenvalue weighted by Crippen LogP contribution is 2.20. The van der Waals surface area contributed by atoms with E-state index in [9.17, 15) is 0 Å². The molecule has 0 amide bonds. The lowest BCUT2D eigenvalue weighted by Crippen LogP contribution is -2.51. The van der Waals surface area contributed by atoms with E-state index < -0.39 is 0 Å². The van der Waals surface area contributed by atoms with Gasteiger partial charge in [-0.2, -0.15) is 0 Å². The molecular formula is C13H19ClN4. The molecule has 1 N–H and O–H groups in total. The van der Waals surface area contributed by atoms with Crippen molar-refractivity contribution in [2.24, 2.45) is 4.99 Å². The summed E-state index contributed by atoms with van der Waals surface area (Å²) in [5, 5.41) is 3.91. The highest BCUT2D eigenvalue weighted by Gasteiger charge is 2.19. The molecule has 18 heavy (non-hydrogen) atoms. The molecule has 1 aromatic carbocycles. The Hall–Kier alpha value is -1.42. The van der Waals surface area contributed by atoms with E-state index in [0.29, 0.717) is 0 Å². The van der Waals surface area contributed by atoms with E-state index in [4.69, 9.17) is 11.6 Å². The highest BCUT2D eigenvalue weighted by atomic mass is 35.5. The molecular weight excluding hydrogens is 248 g/mol. The minimum Gasteiger partial charge on any atom is -0.368 e. The van der Waals surface area contributed by atoms with Crippen molar-refractivity contribution in [2.45, 2.75) is 0 Å². The van der Waals surface area contributed by atoms with E-state index in [1.54, 1.807) is 0 Å². The maximum atomic E-state index is 6.02. The van der Waals surface area contributed by atoms with Crippen molar-refractivity contribution in [1.82, 2.24) is 10.2 Å². The number of piperazine rings is 1. The first-order valence-corrected chi connectivity index (χ1v) is 6.52. The van der Waals surface area contributed by atoms with E-state index >= 15 is 0 Å². The minimum atomic E-state index is 0.793. The molecule has 0 atom stereocenters. The van der Waals surface area contributed by atoms with Crippen molar-refractivity contribution < 1.29 is 0 Å². The molecule has 1 aliphatic rings. The van der Waals surface area contributed by atoms with Crippen LogP contribution in [0.3, 0.4) is 0 Å². The van der Waals surface area contributed by atoms with Gasteiger partial charge in [-0.1, -0.05) is 17.7 Å². The third-order valence-electron chi connectivity index (χ3n) is 3.19. The van der Waals surface area contributed by atoms with Crippen molar-refractivity contribution in [3.63, 3.8) is 0 Å². The molecule has 1 saturated heterocycles. The fraction of sp³-hybridized carbons (Fsp3) is 0.462. The molecule has 1 heterocycles. The van der Waals surface area contributed by atoms with Gasteiger partial charge in [0.15, 0.2) is 5.96 Å². The van der Waals surface area contributed by atoms with Crippen LogP contribution in [-0.2, 0) is 0 Å². The molecule has 0 radical (unpaired) electrons. The second kappa shape index (κ2) is 5.96. The van der Waals surface area contributed by atoms with Crippen molar-refractivity contribution in [3.05, 3.63) is 29.3 Å². The van der Waals surface area contributed by atoms with Crippen LogP contribution in [0.15, 0.2) is 29.3 Å². The second-order valence-electron chi connectivity index (χ2n) is 4.25. The molecule has 0 unspecified atom stereocenters. The van der Waals surface area contributed by atoms with E-state index in [1.165, 1.54) is 5.69 Å². The number of nitrogens with zero attached hydrogens (tertiary/aromatic N) is 3. The number of anilines is 1. The Kier molecular flexibility index (Phi) is 4.31. The van der Waals surface area contributed by atoms with Crippen molar-refractivity contribution in [2.75, 3.05) is 45.2 Å². The number of hydrogen-bond acceptors (Lipinski definition) is 2. The minimum absolute atomic E-state index is 0.793. The maximum absolute atomic E-state index is 6.02. The van der Waals surface area contributed by atoms with Gasteiger partial charge in [-0.25, -0.2) is 0 Å². The number of benzene rings is 1. The zero-order valence-electron chi connectivity index (χ0n) is 10.9. The molecule has 5 heteroatoms. The summed E-state index contributed by atoms with van der Waals surface area (Å²) in [6.45, 7) is 3.92. The molecule has 0 spiro atoms. The highest BCUT2D eigenvalue weighted by molar-refractivity contribution is 6.30. The first kappa shape index (κ1) is 13.0. The van der Waals surface area contributed by atoms with Crippen LogP contribution in [0.1, 0.15) is 0 Å². The van der Waals surface area contributed by atoms with Crippen LogP contribution >= 0.6 is 11.6 Å². The number of halogens is 1. The smallest absolute Gasteiger partial charge is 0.193 e. The van der Waals surface area contributed by atoms with Crippen molar-refractivity contribution >= 4 is 23.2 Å². The number of aliphatic imine (C=N–C) groups is 1. The second-order valence-corrected chi connectivity index (χ2v) is 4.69. The first-order valence-electron chi connectivity index (χ1n) is 6.14. The van der Waals surface area contributed by atoms with Crippen LogP contribution < -0.4 is 10.2 Å². The van der Waals surface area contributed by atoms with Gasteiger partial charge in [-0.05, 0) is 18.2 Å². The van der Waals surface area contributed by atoms with Gasteiger partial charge < -0.3 is 15.1 Å². The van der Waals surface area contributed by atoms with E-state index in [2.05, 4.69) is 26.2 Å². The molecule has 1 aliphatic heterocycles.